The molecule has 2 unspecified atom stereocenters. The van der Waals surface area contributed by atoms with E-state index in [2.05, 4.69) is 40.7 Å². The van der Waals surface area contributed by atoms with Crippen molar-refractivity contribution in [2.24, 2.45) is 5.92 Å². The topological polar surface area (TPSA) is 41.1 Å². The summed E-state index contributed by atoms with van der Waals surface area (Å²) in [6.07, 6.45) is 5.41. The quantitative estimate of drug-likeness (QED) is 0.891. The third kappa shape index (κ3) is 3.42. The number of nitrogens with zero attached hydrogens (tertiary/aromatic N) is 3. The van der Waals surface area contributed by atoms with Gasteiger partial charge in [0.15, 0.2) is 0 Å². The number of anilines is 1. The Morgan fingerprint density at radius 1 is 1.44 bits per heavy atom. The van der Waals surface area contributed by atoms with E-state index in [4.69, 9.17) is 0 Å². The van der Waals surface area contributed by atoms with Crippen molar-refractivity contribution in [2.75, 3.05) is 18.9 Å². The lowest BCUT2D eigenvalue weighted by atomic mass is 9.86. The summed E-state index contributed by atoms with van der Waals surface area (Å²) in [6, 6.07) is 0.713. The van der Waals surface area contributed by atoms with E-state index in [9.17, 15) is 0 Å². The highest BCUT2D eigenvalue weighted by atomic mass is 32.1. The van der Waals surface area contributed by atoms with Crippen molar-refractivity contribution < 1.29 is 0 Å². The molecule has 1 aromatic rings. The predicted molar refractivity (Wildman–Crippen MR) is 77.0 cm³/mol. The van der Waals surface area contributed by atoms with Gasteiger partial charge in [-0.15, -0.1) is 5.10 Å². The second kappa shape index (κ2) is 6.48. The van der Waals surface area contributed by atoms with Gasteiger partial charge in [0.05, 0.1) is 0 Å². The maximum absolute atomic E-state index is 4.25. The van der Waals surface area contributed by atoms with Gasteiger partial charge in [0, 0.05) is 30.7 Å². The van der Waals surface area contributed by atoms with Gasteiger partial charge < -0.3 is 5.32 Å². The highest BCUT2D eigenvalue weighted by Gasteiger charge is 2.23. The molecule has 1 N–H and O–H groups in total. The highest BCUT2D eigenvalue weighted by Crippen LogP contribution is 2.28. The van der Waals surface area contributed by atoms with Crippen molar-refractivity contribution >= 4 is 16.5 Å². The zero-order chi connectivity index (χ0) is 13.0. The fourth-order valence-corrected chi connectivity index (χ4v) is 3.42. The second-order valence-corrected chi connectivity index (χ2v) is 6.17. The van der Waals surface area contributed by atoms with Crippen LogP contribution in [0.3, 0.4) is 0 Å². The smallest absolute Gasteiger partial charge is 0.134 e. The Morgan fingerprint density at radius 2 is 2.28 bits per heavy atom. The number of nitrogens with one attached hydrogen (secondary N) is 1. The maximum Gasteiger partial charge on any atom is 0.134 e. The summed E-state index contributed by atoms with van der Waals surface area (Å²) in [7, 11) is 2.22. The number of hydrogen-bond donors (Lipinski definition) is 1. The van der Waals surface area contributed by atoms with Crippen LogP contribution in [0.4, 0.5) is 5.00 Å². The van der Waals surface area contributed by atoms with Gasteiger partial charge in [0.1, 0.15) is 10.7 Å². The minimum Gasteiger partial charge on any atom is -0.374 e. The Morgan fingerprint density at radius 3 is 3.00 bits per heavy atom. The van der Waals surface area contributed by atoms with E-state index >= 15 is 0 Å². The van der Waals surface area contributed by atoms with Crippen molar-refractivity contribution in [3.05, 3.63) is 5.69 Å². The average Bonchev–Trinajstić information content (AvgIpc) is 2.77. The van der Waals surface area contributed by atoms with E-state index in [0.29, 0.717) is 6.04 Å². The highest BCUT2D eigenvalue weighted by molar-refractivity contribution is 7.10. The molecule has 2 atom stereocenters. The zero-order valence-corrected chi connectivity index (χ0v) is 12.5. The first-order valence-corrected chi connectivity index (χ1v) is 7.73. The first-order valence-electron chi connectivity index (χ1n) is 6.96. The summed E-state index contributed by atoms with van der Waals surface area (Å²) in [5, 5.41) is 8.73. The molecule has 0 aliphatic heterocycles. The average molecular weight is 268 g/mol. The number of hydrogen-bond acceptors (Lipinski definition) is 5. The van der Waals surface area contributed by atoms with E-state index in [0.717, 1.165) is 29.7 Å². The van der Waals surface area contributed by atoms with Crippen molar-refractivity contribution in [1.29, 1.82) is 0 Å². The molecule has 18 heavy (non-hydrogen) atoms. The van der Waals surface area contributed by atoms with E-state index in [1.807, 2.05) is 0 Å². The molecule has 1 saturated carbocycles. The van der Waals surface area contributed by atoms with E-state index in [1.165, 1.54) is 37.2 Å². The standard InChI is InChI=1S/C13H24N4S/c1-4-14-13-12(15-16-18-13)9-17(3)11-7-5-6-10(2)8-11/h10-11,14H,4-9H2,1-3H3. The molecule has 4 nitrogen and oxygen atoms in total. The van der Waals surface area contributed by atoms with Gasteiger partial charge in [0.25, 0.3) is 0 Å². The van der Waals surface area contributed by atoms with Gasteiger partial charge in [-0.1, -0.05) is 24.3 Å². The summed E-state index contributed by atoms with van der Waals surface area (Å²) < 4.78 is 4.06. The summed E-state index contributed by atoms with van der Waals surface area (Å²) in [5.41, 5.74) is 1.10. The molecular formula is C13H24N4S. The molecule has 1 heterocycles. The van der Waals surface area contributed by atoms with E-state index < -0.39 is 0 Å². The van der Waals surface area contributed by atoms with E-state index in [1.54, 1.807) is 0 Å². The summed E-state index contributed by atoms with van der Waals surface area (Å²) >= 11 is 1.46. The SMILES string of the molecule is CCNc1snnc1CN(C)C1CCCC(C)C1. The Balaban J connectivity index is 1.93. The van der Waals surface area contributed by atoms with E-state index in [-0.39, 0.29) is 0 Å². The molecule has 0 radical (unpaired) electrons. The van der Waals surface area contributed by atoms with Gasteiger partial charge >= 0.3 is 0 Å². The molecule has 1 aliphatic rings. The van der Waals surface area contributed by atoms with Crippen LogP contribution in [0.5, 0.6) is 0 Å². The Bertz CT molecular complexity index is 366. The lowest BCUT2D eigenvalue weighted by Crippen LogP contribution is -2.35. The van der Waals surface area contributed by atoms with Crippen LogP contribution in [0.1, 0.15) is 45.2 Å². The van der Waals surface area contributed by atoms with Crippen LogP contribution in [-0.2, 0) is 6.54 Å². The summed E-state index contributed by atoms with van der Waals surface area (Å²) in [4.78, 5) is 2.45. The van der Waals surface area contributed by atoms with Crippen LogP contribution in [0.15, 0.2) is 0 Å². The maximum atomic E-state index is 4.25. The molecule has 1 aromatic heterocycles. The Kier molecular flexibility index (Phi) is 4.95. The van der Waals surface area contributed by atoms with Crippen LogP contribution < -0.4 is 5.32 Å². The summed E-state index contributed by atoms with van der Waals surface area (Å²) in [5.74, 6) is 0.869. The molecule has 102 valence electrons. The number of rotatable bonds is 5. The Labute approximate surface area is 114 Å². The van der Waals surface area contributed by atoms with Crippen molar-refractivity contribution in [2.45, 2.75) is 52.1 Å². The van der Waals surface area contributed by atoms with Gasteiger partial charge in [-0.3, -0.25) is 4.90 Å². The van der Waals surface area contributed by atoms with Crippen molar-refractivity contribution in [1.82, 2.24) is 14.5 Å². The monoisotopic (exact) mass is 268 g/mol. The van der Waals surface area contributed by atoms with Gasteiger partial charge in [-0.2, -0.15) is 0 Å². The normalized spacial score (nSPS) is 24.4. The third-order valence-electron chi connectivity index (χ3n) is 3.82. The molecular weight excluding hydrogens is 244 g/mol. The fraction of sp³-hybridized carbons (Fsp3) is 0.846. The van der Waals surface area contributed by atoms with Gasteiger partial charge in [-0.25, -0.2) is 0 Å². The number of aromatic nitrogens is 2. The molecule has 2 rings (SSSR count). The van der Waals surface area contributed by atoms with Gasteiger partial charge in [0.2, 0.25) is 0 Å². The van der Waals surface area contributed by atoms with Gasteiger partial charge in [-0.05, 0) is 32.7 Å². The second-order valence-electron chi connectivity index (χ2n) is 5.42. The zero-order valence-electron chi connectivity index (χ0n) is 11.6. The first kappa shape index (κ1) is 13.7. The molecule has 0 amide bonds. The Hall–Kier alpha value is -0.680. The first-order chi connectivity index (χ1) is 8.70. The molecule has 0 spiro atoms. The molecule has 5 heteroatoms. The third-order valence-corrected chi connectivity index (χ3v) is 4.55. The minimum atomic E-state index is 0.713. The fourth-order valence-electron chi connectivity index (χ4n) is 2.77. The molecule has 0 saturated heterocycles. The minimum absolute atomic E-state index is 0.713. The van der Waals surface area contributed by atoms with Crippen LogP contribution in [0.2, 0.25) is 0 Å². The van der Waals surface area contributed by atoms with Crippen molar-refractivity contribution in [3.63, 3.8) is 0 Å². The largest absolute Gasteiger partial charge is 0.374 e. The predicted octanol–water partition coefficient (Wildman–Crippen LogP) is 2.98. The van der Waals surface area contributed by atoms with Crippen molar-refractivity contribution in [3.8, 4) is 0 Å². The van der Waals surface area contributed by atoms with Crippen LogP contribution >= 0.6 is 11.5 Å². The molecule has 1 aliphatic carbocycles. The van der Waals surface area contributed by atoms with Crippen LogP contribution in [0, 0.1) is 5.92 Å². The molecule has 1 fully saturated rings. The summed E-state index contributed by atoms with van der Waals surface area (Å²) in [6.45, 7) is 6.32. The molecule has 0 bridgehead atoms. The van der Waals surface area contributed by atoms with Crippen LogP contribution in [-0.4, -0.2) is 34.1 Å². The lowest BCUT2D eigenvalue weighted by Gasteiger charge is -2.33. The molecule has 0 aromatic carbocycles. The van der Waals surface area contributed by atoms with Crippen LogP contribution in [0.25, 0.3) is 0 Å². The lowest BCUT2D eigenvalue weighted by molar-refractivity contribution is 0.156.